The molecule has 0 amide bonds. The highest BCUT2D eigenvalue weighted by Crippen LogP contribution is 2.35. The second kappa shape index (κ2) is 7.47. The van der Waals surface area contributed by atoms with Gasteiger partial charge in [0.25, 0.3) is 0 Å². The highest BCUT2D eigenvalue weighted by molar-refractivity contribution is 5.47. The number of nitrogens with one attached hydrogen (secondary N) is 1. The number of benzene rings is 1. The Kier molecular flexibility index (Phi) is 5.87. The van der Waals surface area contributed by atoms with Crippen molar-refractivity contribution in [3.8, 4) is 5.75 Å². The van der Waals surface area contributed by atoms with E-state index in [4.69, 9.17) is 4.74 Å². The Bertz CT molecular complexity index is 485. The van der Waals surface area contributed by atoms with E-state index in [1.165, 1.54) is 42.7 Å². The van der Waals surface area contributed by atoms with Gasteiger partial charge < -0.3 is 15.0 Å². The van der Waals surface area contributed by atoms with Gasteiger partial charge in [0.15, 0.2) is 0 Å². The third-order valence-corrected chi connectivity index (χ3v) is 4.45. The van der Waals surface area contributed by atoms with Gasteiger partial charge in [0.1, 0.15) is 5.75 Å². The minimum atomic E-state index is 0.116. The molecule has 124 valence electrons. The first-order chi connectivity index (χ1) is 10.4. The maximum absolute atomic E-state index is 5.78. The highest BCUT2D eigenvalue weighted by atomic mass is 16.5. The molecule has 1 fully saturated rings. The summed E-state index contributed by atoms with van der Waals surface area (Å²) in [4.78, 5) is 2.56. The standard InChI is InChI=1S/C19H32N2O/c1-15-13-16(7-6-10-21-11-8-20-9-12-21)18(22-5)17(14-15)19(2,3)4/h13-14,20H,6-12H2,1-5H3. The van der Waals surface area contributed by atoms with Crippen LogP contribution in [0.2, 0.25) is 0 Å². The molecule has 1 aliphatic heterocycles. The molecule has 1 aromatic rings. The molecule has 1 aromatic carbocycles. The monoisotopic (exact) mass is 304 g/mol. The SMILES string of the molecule is COc1c(CCCN2CCNCC2)cc(C)cc1C(C)(C)C. The predicted octanol–water partition coefficient (Wildman–Crippen LogP) is 3.14. The summed E-state index contributed by atoms with van der Waals surface area (Å²) in [7, 11) is 1.81. The Morgan fingerprint density at radius 2 is 1.86 bits per heavy atom. The second-order valence-electron chi connectivity index (χ2n) is 7.45. The van der Waals surface area contributed by atoms with Crippen molar-refractivity contribution in [3.05, 3.63) is 28.8 Å². The summed E-state index contributed by atoms with van der Waals surface area (Å²) >= 11 is 0. The first-order valence-corrected chi connectivity index (χ1v) is 8.53. The number of hydrogen-bond acceptors (Lipinski definition) is 3. The molecule has 0 unspecified atom stereocenters. The van der Waals surface area contributed by atoms with Crippen LogP contribution in [-0.2, 0) is 11.8 Å². The first kappa shape index (κ1) is 17.3. The van der Waals surface area contributed by atoms with E-state index in [1.807, 2.05) is 0 Å². The Morgan fingerprint density at radius 1 is 1.18 bits per heavy atom. The van der Waals surface area contributed by atoms with E-state index in [0.29, 0.717) is 0 Å². The summed E-state index contributed by atoms with van der Waals surface area (Å²) in [5.74, 6) is 1.10. The predicted molar refractivity (Wildman–Crippen MR) is 94.1 cm³/mol. The van der Waals surface area contributed by atoms with Crippen molar-refractivity contribution in [2.45, 2.75) is 46.0 Å². The molecule has 0 atom stereocenters. The van der Waals surface area contributed by atoms with Gasteiger partial charge in [-0.3, -0.25) is 0 Å². The van der Waals surface area contributed by atoms with Crippen LogP contribution in [0.4, 0.5) is 0 Å². The summed E-state index contributed by atoms with van der Waals surface area (Å²) in [5, 5.41) is 3.41. The molecule has 0 aromatic heterocycles. The van der Waals surface area contributed by atoms with E-state index < -0.39 is 0 Å². The average Bonchev–Trinajstić information content (AvgIpc) is 2.47. The van der Waals surface area contributed by atoms with Crippen LogP contribution in [0.3, 0.4) is 0 Å². The number of methoxy groups -OCH3 is 1. The fourth-order valence-electron chi connectivity index (χ4n) is 3.26. The van der Waals surface area contributed by atoms with Crippen molar-refractivity contribution in [2.24, 2.45) is 0 Å². The molecule has 1 heterocycles. The summed E-state index contributed by atoms with van der Waals surface area (Å²) in [6, 6.07) is 4.57. The number of ether oxygens (including phenoxy) is 1. The largest absolute Gasteiger partial charge is 0.496 e. The fraction of sp³-hybridized carbons (Fsp3) is 0.684. The lowest BCUT2D eigenvalue weighted by Crippen LogP contribution is -2.43. The zero-order chi connectivity index (χ0) is 16.2. The summed E-state index contributed by atoms with van der Waals surface area (Å²) in [5.41, 5.74) is 4.14. The van der Waals surface area contributed by atoms with Crippen LogP contribution in [0.15, 0.2) is 12.1 Å². The minimum absolute atomic E-state index is 0.116. The van der Waals surface area contributed by atoms with Gasteiger partial charge in [-0.1, -0.05) is 38.5 Å². The molecule has 0 saturated carbocycles. The zero-order valence-electron chi connectivity index (χ0n) is 15.0. The van der Waals surface area contributed by atoms with Gasteiger partial charge in [-0.15, -0.1) is 0 Å². The van der Waals surface area contributed by atoms with E-state index >= 15 is 0 Å². The minimum Gasteiger partial charge on any atom is -0.496 e. The van der Waals surface area contributed by atoms with Crippen molar-refractivity contribution in [2.75, 3.05) is 39.8 Å². The van der Waals surface area contributed by atoms with E-state index in [9.17, 15) is 0 Å². The van der Waals surface area contributed by atoms with Gasteiger partial charge in [-0.25, -0.2) is 0 Å². The lowest BCUT2D eigenvalue weighted by molar-refractivity contribution is 0.238. The maximum Gasteiger partial charge on any atom is 0.125 e. The molecule has 0 aliphatic carbocycles. The van der Waals surface area contributed by atoms with Crippen LogP contribution < -0.4 is 10.1 Å². The smallest absolute Gasteiger partial charge is 0.125 e. The van der Waals surface area contributed by atoms with Crippen molar-refractivity contribution in [1.82, 2.24) is 10.2 Å². The maximum atomic E-state index is 5.78. The quantitative estimate of drug-likeness (QED) is 0.904. The Morgan fingerprint density at radius 3 is 2.45 bits per heavy atom. The molecular formula is C19H32N2O. The third kappa shape index (κ3) is 4.47. The number of rotatable bonds is 5. The van der Waals surface area contributed by atoms with Gasteiger partial charge in [-0.05, 0) is 37.3 Å². The lowest BCUT2D eigenvalue weighted by atomic mass is 9.83. The van der Waals surface area contributed by atoms with Crippen LogP contribution in [-0.4, -0.2) is 44.7 Å². The van der Waals surface area contributed by atoms with Gasteiger partial charge >= 0.3 is 0 Å². The summed E-state index contributed by atoms with van der Waals surface area (Å²) < 4.78 is 5.78. The molecule has 3 nitrogen and oxygen atoms in total. The van der Waals surface area contributed by atoms with Crippen LogP contribution in [0.1, 0.15) is 43.9 Å². The van der Waals surface area contributed by atoms with Gasteiger partial charge in [0.2, 0.25) is 0 Å². The van der Waals surface area contributed by atoms with E-state index in [1.54, 1.807) is 7.11 Å². The molecule has 2 rings (SSSR count). The van der Waals surface area contributed by atoms with Crippen LogP contribution in [0, 0.1) is 6.92 Å². The molecular weight excluding hydrogens is 272 g/mol. The molecule has 3 heteroatoms. The van der Waals surface area contributed by atoms with Crippen LogP contribution >= 0.6 is 0 Å². The van der Waals surface area contributed by atoms with Crippen molar-refractivity contribution in [3.63, 3.8) is 0 Å². The van der Waals surface area contributed by atoms with Gasteiger partial charge in [-0.2, -0.15) is 0 Å². The first-order valence-electron chi connectivity index (χ1n) is 8.53. The van der Waals surface area contributed by atoms with E-state index in [-0.39, 0.29) is 5.41 Å². The molecule has 0 bridgehead atoms. The molecule has 1 N–H and O–H groups in total. The Labute approximate surface area is 136 Å². The molecule has 0 radical (unpaired) electrons. The zero-order valence-corrected chi connectivity index (χ0v) is 15.0. The van der Waals surface area contributed by atoms with Crippen LogP contribution in [0.25, 0.3) is 0 Å². The van der Waals surface area contributed by atoms with Crippen molar-refractivity contribution in [1.29, 1.82) is 0 Å². The number of piperazine rings is 1. The highest BCUT2D eigenvalue weighted by Gasteiger charge is 2.21. The normalized spacial score (nSPS) is 16.8. The lowest BCUT2D eigenvalue weighted by Gasteiger charge is -2.28. The number of hydrogen-bond donors (Lipinski definition) is 1. The van der Waals surface area contributed by atoms with Crippen LogP contribution in [0.5, 0.6) is 5.75 Å². The molecule has 22 heavy (non-hydrogen) atoms. The van der Waals surface area contributed by atoms with Gasteiger partial charge in [0.05, 0.1) is 7.11 Å². The Balaban J connectivity index is 2.07. The second-order valence-corrected chi connectivity index (χ2v) is 7.45. The van der Waals surface area contributed by atoms with Crippen molar-refractivity contribution < 1.29 is 4.74 Å². The average molecular weight is 304 g/mol. The Hall–Kier alpha value is -1.06. The van der Waals surface area contributed by atoms with Crippen molar-refractivity contribution >= 4 is 0 Å². The summed E-state index contributed by atoms with van der Waals surface area (Å²) in [6.45, 7) is 14.8. The number of aryl methyl sites for hydroxylation is 2. The molecule has 1 saturated heterocycles. The van der Waals surface area contributed by atoms with E-state index in [2.05, 4.69) is 50.0 Å². The van der Waals surface area contributed by atoms with E-state index in [0.717, 1.165) is 25.3 Å². The topological polar surface area (TPSA) is 24.5 Å². The molecule has 1 aliphatic rings. The fourth-order valence-corrected chi connectivity index (χ4v) is 3.26. The van der Waals surface area contributed by atoms with Gasteiger partial charge in [0, 0.05) is 31.7 Å². The third-order valence-electron chi connectivity index (χ3n) is 4.45. The number of nitrogens with zero attached hydrogens (tertiary/aromatic N) is 1. The summed E-state index contributed by atoms with van der Waals surface area (Å²) in [6.07, 6.45) is 2.29. The molecule has 0 spiro atoms.